The van der Waals surface area contributed by atoms with Crippen molar-refractivity contribution >= 4 is 12.0 Å². The molecule has 0 heterocycles. The summed E-state index contributed by atoms with van der Waals surface area (Å²) in [6.45, 7) is 5.64. The normalized spacial score (nSPS) is 23.2. The number of imide groups is 1. The Bertz CT molecular complexity index is 344. The van der Waals surface area contributed by atoms with Crippen LogP contribution in [0.5, 0.6) is 0 Å². The van der Waals surface area contributed by atoms with Gasteiger partial charge in [0.1, 0.15) is 5.60 Å². The zero-order valence-corrected chi connectivity index (χ0v) is 12.6. The Labute approximate surface area is 120 Å². The maximum atomic E-state index is 12.4. The van der Waals surface area contributed by atoms with Gasteiger partial charge in [0.15, 0.2) is 0 Å². The van der Waals surface area contributed by atoms with Gasteiger partial charge in [0.2, 0.25) is 5.91 Å². The summed E-state index contributed by atoms with van der Waals surface area (Å²) in [7, 11) is 0. The van der Waals surface area contributed by atoms with Gasteiger partial charge in [-0.3, -0.25) is 4.79 Å². The average molecular weight is 286 g/mol. The van der Waals surface area contributed by atoms with Gasteiger partial charge in [-0.1, -0.05) is 0 Å². The number of carbonyl (C=O) groups excluding carboxylic acids is 2. The zero-order valence-electron chi connectivity index (χ0n) is 12.6. The van der Waals surface area contributed by atoms with E-state index in [1.165, 1.54) is 0 Å². The Hall–Kier alpha value is -1.14. The molecule has 0 bridgehead atoms. The summed E-state index contributed by atoms with van der Waals surface area (Å²) in [5.41, 5.74) is 4.83. The quantitative estimate of drug-likeness (QED) is 0.814. The number of ether oxygens (including phenoxy) is 1. The van der Waals surface area contributed by atoms with Crippen molar-refractivity contribution < 1.29 is 19.4 Å². The van der Waals surface area contributed by atoms with Gasteiger partial charge in [0.05, 0.1) is 6.10 Å². The maximum absolute atomic E-state index is 12.4. The SMILES string of the molecule is CC(C)(C)OC(=O)N(CCN)C(=O)C1CCC(O)CC1. The van der Waals surface area contributed by atoms with Crippen LogP contribution in [0, 0.1) is 5.92 Å². The van der Waals surface area contributed by atoms with E-state index in [4.69, 9.17) is 10.5 Å². The van der Waals surface area contributed by atoms with Crippen LogP contribution in [-0.2, 0) is 9.53 Å². The molecule has 0 aromatic heterocycles. The molecule has 1 aliphatic carbocycles. The summed E-state index contributed by atoms with van der Waals surface area (Å²) >= 11 is 0. The topological polar surface area (TPSA) is 92.9 Å². The molecule has 6 nitrogen and oxygen atoms in total. The van der Waals surface area contributed by atoms with Gasteiger partial charge < -0.3 is 15.6 Å². The number of aliphatic hydroxyl groups is 1. The van der Waals surface area contributed by atoms with Crippen LogP contribution < -0.4 is 5.73 Å². The Morgan fingerprint density at radius 2 is 1.80 bits per heavy atom. The van der Waals surface area contributed by atoms with Crippen LogP contribution in [0.25, 0.3) is 0 Å². The first-order valence-corrected chi connectivity index (χ1v) is 7.17. The second kappa shape index (κ2) is 7.04. The Kier molecular flexibility index (Phi) is 5.95. The largest absolute Gasteiger partial charge is 0.443 e. The molecule has 0 unspecified atom stereocenters. The molecule has 0 radical (unpaired) electrons. The van der Waals surface area contributed by atoms with Gasteiger partial charge in [-0.2, -0.15) is 0 Å². The van der Waals surface area contributed by atoms with Gasteiger partial charge >= 0.3 is 6.09 Å². The Balaban J connectivity index is 2.69. The van der Waals surface area contributed by atoms with Crippen molar-refractivity contribution in [1.82, 2.24) is 4.90 Å². The van der Waals surface area contributed by atoms with E-state index < -0.39 is 11.7 Å². The van der Waals surface area contributed by atoms with E-state index in [2.05, 4.69) is 0 Å². The number of carbonyl (C=O) groups is 2. The number of hydrogen-bond acceptors (Lipinski definition) is 5. The highest BCUT2D eigenvalue weighted by Gasteiger charge is 2.33. The average Bonchev–Trinajstić information content (AvgIpc) is 2.34. The molecule has 1 aliphatic rings. The van der Waals surface area contributed by atoms with Gasteiger partial charge in [0.25, 0.3) is 0 Å². The number of nitrogens with two attached hydrogens (primary N) is 1. The smallest absolute Gasteiger partial charge is 0.417 e. The third-order valence-electron chi connectivity index (χ3n) is 3.28. The lowest BCUT2D eigenvalue weighted by Gasteiger charge is -2.31. The van der Waals surface area contributed by atoms with E-state index in [1.54, 1.807) is 20.8 Å². The first kappa shape index (κ1) is 16.9. The first-order valence-electron chi connectivity index (χ1n) is 7.17. The maximum Gasteiger partial charge on any atom is 0.417 e. The summed E-state index contributed by atoms with van der Waals surface area (Å²) in [6, 6.07) is 0. The molecule has 1 rings (SSSR count). The monoisotopic (exact) mass is 286 g/mol. The predicted octanol–water partition coefficient (Wildman–Crippen LogP) is 1.26. The van der Waals surface area contributed by atoms with E-state index in [9.17, 15) is 14.7 Å². The van der Waals surface area contributed by atoms with Crippen LogP contribution in [0.4, 0.5) is 4.79 Å². The molecule has 0 aromatic rings. The van der Waals surface area contributed by atoms with E-state index in [0.29, 0.717) is 25.7 Å². The standard InChI is InChI=1S/C14H26N2O4/c1-14(2,3)20-13(19)16(9-8-15)12(18)10-4-6-11(17)7-5-10/h10-11,17H,4-9,15H2,1-3H3. The zero-order chi connectivity index (χ0) is 15.3. The molecule has 20 heavy (non-hydrogen) atoms. The van der Waals surface area contributed by atoms with E-state index in [1.807, 2.05) is 0 Å². The second-order valence-electron chi connectivity index (χ2n) is 6.26. The van der Waals surface area contributed by atoms with Gasteiger partial charge in [-0.05, 0) is 46.5 Å². The molecule has 0 spiro atoms. The fourth-order valence-corrected chi connectivity index (χ4v) is 2.28. The molecular weight excluding hydrogens is 260 g/mol. The molecule has 116 valence electrons. The highest BCUT2D eigenvalue weighted by Crippen LogP contribution is 2.26. The van der Waals surface area contributed by atoms with Crippen molar-refractivity contribution in [1.29, 1.82) is 0 Å². The van der Waals surface area contributed by atoms with Crippen LogP contribution in [0.2, 0.25) is 0 Å². The van der Waals surface area contributed by atoms with Gasteiger partial charge in [-0.15, -0.1) is 0 Å². The van der Waals surface area contributed by atoms with Crippen molar-refractivity contribution in [3.63, 3.8) is 0 Å². The van der Waals surface area contributed by atoms with E-state index in [0.717, 1.165) is 4.90 Å². The molecule has 0 aliphatic heterocycles. The summed E-state index contributed by atoms with van der Waals surface area (Å²) in [5.74, 6) is -0.464. The number of nitrogens with zero attached hydrogens (tertiary/aromatic N) is 1. The lowest BCUT2D eigenvalue weighted by atomic mass is 9.86. The lowest BCUT2D eigenvalue weighted by molar-refractivity contribution is -0.136. The van der Waals surface area contributed by atoms with Crippen molar-refractivity contribution in [2.24, 2.45) is 11.7 Å². The highest BCUT2D eigenvalue weighted by molar-refractivity contribution is 5.93. The highest BCUT2D eigenvalue weighted by atomic mass is 16.6. The third kappa shape index (κ3) is 5.09. The van der Waals surface area contributed by atoms with Gasteiger partial charge in [-0.25, -0.2) is 9.69 Å². The number of hydrogen-bond donors (Lipinski definition) is 2. The first-order chi connectivity index (χ1) is 9.24. The fraction of sp³-hybridized carbons (Fsp3) is 0.857. The molecule has 6 heteroatoms. The van der Waals surface area contributed by atoms with Crippen molar-refractivity contribution in [3.05, 3.63) is 0 Å². The second-order valence-corrected chi connectivity index (χ2v) is 6.26. The molecule has 2 amide bonds. The van der Waals surface area contributed by atoms with E-state index >= 15 is 0 Å². The summed E-state index contributed by atoms with van der Waals surface area (Å²) < 4.78 is 5.25. The number of rotatable bonds is 3. The number of aliphatic hydroxyl groups excluding tert-OH is 1. The summed E-state index contributed by atoms with van der Waals surface area (Å²) in [4.78, 5) is 25.6. The van der Waals surface area contributed by atoms with Crippen molar-refractivity contribution in [3.8, 4) is 0 Å². The summed E-state index contributed by atoms with van der Waals surface area (Å²) in [6.07, 6.45) is 1.43. The number of amides is 2. The van der Waals surface area contributed by atoms with Crippen LogP contribution in [0.15, 0.2) is 0 Å². The summed E-state index contributed by atoms with van der Waals surface area (Å²) in [5, 5.41) is 9.48. The van der Waals surface area contributed by atoms with Crippen molar-refractivity contribution in [2.75, 3.05) is 13.1 Å². The van der Waals surface area contributed by atoms with Crippen LogP contribution in [-0.4, -0.2) is 46.8 Å². The minimum atomic E-state index is -0.646. The van der Waals surface area contributed by atoms with E-state index in [-0.39, 0.29) is 31.0 Å². The van der Waals surface area contributed by atoms with Crippen LogP contribution in [0.3, 0.4) is 0 Å². The minimum Gasteiger partial charge on any atom is -0.443 e. The molecule has 1 saturated carbocycles. The molecular formula is C14H26N2O4. The molecule has 0 aromatic carbocycles. The van der Waals surface area contributed by atoms with Crippen LogP contribution in [0.1, 0.15) is 46.5 Å². The molecule has 3 N–H and O–H groups in total. The fourth-order valence-electron chi connectivity index (χ4n) is 2.28. The van der Waals surface area contributed by atoms with Gasteiger partial charge in [0, 0.05) is 19.0 Å². The predicted molar refractivity (Wildman–Crippen MR) is 75.0 cm³/mol. The Morgan fingerprint density at radius 3 is 2.25 bits per heavy atom. The molecule has 0 saturated heterocycles. The third-order valence-corrected chi connectivity index (χ3v) is 3.28. The molecule has 0 atom stereocenters. The lowest BCUT2D eigenvalue weighted by Crippen LogP contribution is -2.46. The van der Waals surface area contributed by atoms with Crippen molar-refractivity contribution in [2.45, 2.75) is 58.2 Å². The minimum absolute atomic E-state index is 0.160. The Morgan fingerprint density at radius 1 is 1.25 bits per heavy atom. The molecule has 1 fully saturated rings. The van der Waals surface area contributed by atoms with Crippen LogP contribution >= 0.6 is 0 Å².